The molecule has 1 saturated heterocycles. The fraction of sp³-hybridized carbons (Fsp3) is 0.462. The van der Waals surface area contributed by atoms with Gasteiger partial charge < -0.3 is 9.64 Å². The summed E-state index contributed by atoms with van der Waals surface area (Å²) in [5.74, 6) is 2.36. The van der Waals surface area contributed by atoms with Gasteiger partial charge >= 0.3 is 0 Å². The Labute approximate surface area is 112 Å². The monoisotopic (exact) mass is 259 g/mol. The van der Waals surface area contributed by atoms with E-state index in [-0.39, 0.29) is 0 Å². The summed E-state index contributed by atoms with van der Waals surface area (Å²) in [6, 6.07) is 3.79. The largest absolute Gasteiger partial charge is 0.481 e. The van der Waals surface area contributed by atoms with E-state index in [2.05, 4.69) is 20.1 Å². The number of nitrogens with zero attached hydrogens (tertiary/aromatic N) is 5. The van der Waals surface area contributed by atoms with Gasteiger partial charge in [0.25, 0.3) is 0 Å². The molecule has 0 aromatic carbocycles. The first-order chi connectivity index (χ1) is 9.29. The minimum absolute atomic E-state index is 0.586. The molecular weight excluding hydrogens is 242 g/mol. The summed E-state index contributed by atoms with van der Waals surface area (Å²) < 4.78 is 7.17. The van der Waals surface area contributed by atoms with Crippen molar-refractivity contribution in [2.45, 2.75) is 12.8 Å². The molecule has 0 bridgehead atoms. The van der Waals surface area contributed by atoms with Crippen LogP contribution in [-0.4, -0.2) is 39.9 Å². The summed E-state index contributed by atoms with van der Waals surface area (Å²) in [5, 5.41) is 8.60. The lowest BCUT2D eigenvalue weighted by atomic mass is 10.2. The van der Waals surface area contributed by atoms with Crippen LogP contribution >= 0.6 is 0 Å². The Morgan fingerprint density at radius 2 is 2.00 bits per heavy atom. The predicted octanol–water partition coefficient (Wildman–Crippen LogP) is 1.49. The van der Waals surface area contributed by atoms with Crippen LogP contribution < -0.4 is 9.64 Å². The van der Waals surface area contributed by atoms with Crippen LogP contribution in [0.25, 0.3) is 11.4 Å². The molecule has 0 amide bonds. The maximum Gasteiger partial charge on any atom is 0.227 e. The highest BCUT2D eigenvalue weighted by molar-refractivity contribution is 5.58. The maximum atomic E-state index is 5.14. The van der Waals surface area contributed by atoms with Crippen LogP contribution in [0.15, 0.2) is 18.3 Å². The van der Waals surface area contributed by atoms with Crippen LogP contribution in [0.5, 0.6) is 5.88 Å². The second kappa shape index (κ2) is 4.87. The zero-order chi connectivity index (χ0) is 13.2. The summed E-state index contributed by atoms with van der Waals surface area (Å²) in [6.45, 7) is 2.12. The number of aromatic nitrogens is 4. The summed E-state index contributed by atoms with van der Waals surface area (Å²) in [4.78, 5) is 6.38. The molecule has 1 aliphatic rings. The summed E-state index contributed by atoms with van der Waals surface area (Å²) in [6.07, 6.45) is 4.18. The van der Waals surface area contributed by atoms with E-state index < -0.39 is 0 Å². The van der Waals surface area contributed by atoms with Gasteiger partial charge in [-0.3, -0.25) is 4.57 Å². The molecular formula is C13H17N5O. The number of pyridine rings is 1. The van der Waals surface area contributed by atoms with E-state index in [0.29, 0.717) is 5.88 Å². The molecule has 0 unspecified atom stereocenters. The molecule has 0 atom stereocenters. The molecule has 6 nitrogen and oxygen atoms in total. The molecule has 6 heteroatoms. The number of hydrogen-bond donors (Lipinski definition) is 0. The van der Waals surface area contributed by atoms with Gasteiger partial charge in [0.2, 0.25) is 11.8 Å². The number of rotatable bonds is 3. The number of hydrogen-bond acceptors (Lipinski definition) is 5. The zero-order valence-electron chi connectivity index (χ0n) is 11.2. The molecule has 19 heavy (non-hydrogen) atoms. The molecule has 0 radical (unpaired) electrons. The molecule has 0 spiro atoms. The lowest BCUT2D eigenvalue weighted by Crippen LogP contribution is -2.21. The third kappa shape index (κ3) is 2.14. The fourth-order valence-corrected chi connectivity index (χ4v) is 2.43. The lowest BCUT2D eigenvalue weighted by Gasteiger charge is -2.15. The molecule has 0 saturated carbocycles. The van der Waals surface area contributed by atoms with E-state index in [1.54, 1.807) is 13.3 Å². The van der Waals surface area contributed by atoms with E-state index in [1.165, 1.54) is 12.8 Å². The van der Waals surface area contributed by atoms with E-state index in [9.17, 15) is 0 Å². The Morgan fingerprint density at radius 3 is 2.74 bits per heavy atom. The maximum absolute atomic E-state index is 5.14. The van der Waals surface area contributed by atoms with Crippen LogP contribution in [0.2, 0.25) is 0 Å². The fourth-order valence-electron chi connectivity index (χ4n) is 2.43. The lowest BCUT2D eigenvalue weighted by molar-refractivity contribution is 0.398. The van der Waals surface area contributed by atoms with Crippen molar-refractivity contribution in [2.75, 3.05) is 25.1 Å². The normalized spacial score (nSPS) is 14.9. The first kappa shape index (κ1) is 12.0. The van der Waals surface area contributed by atoms with Crippen LogP contribution in [-0.2, 0) is 7.05 Å². The Balaban J connectivity index is 1.96. The first-order valence-corrected chi connectivity index (χ1v) is 6.44. The van der Waals surface area contributed by atoms with E-state index >= 15 is 0 Å². The molecule has 3 rings (SSSR count). The smallest absolute Gasteiger partial charge is 0.227 e. The van der Waals surface area contributed by atoms with Gasteiger partial charge in [0.1, 0.15) is 0 Å². The highest BCUT2D eigenvalue weighted by atomic mass is 16.5. The van der Waals surface area contributed by atoms with E-state index in [1.807, 2.05) is 23.7 Å². The summed E-state index contributed by atoms with van der Waals surface area (Å²) in [7, 11) is 3.61. The Hall–Kier alpha value is -2.11. The quantitative estimate of drug-likeness (QED) is 0.835. The van der Waals surface area contributed by atoms with Gasteiger partial charge in [0, 0.05) is 38.0 Å². The molecule has 0 N–H and O–H groups in total. The van der Waals surface area contributed by atoms with Gasteiger partial charge in [-0.1, -0.05) is 0 Å². The van der Waals surface area contributed by atoms with Gasteiger partial charge in [-0.25, -0.2) is 4.98 Å². The summed E-state index contributed by atoms with van der Waals surface area (Å²) >= 11 is 0. The van der Waals surface area contributed by atoms with Crippen molar-refractivity contribution >= 4 is 5.95 Å². The van der Waals surface area contributed by atoms with E-state index in [4.69, 9.17) is 4.74 Å². The van der Waals surface area contributed by atoms with Crippen LogP contribution in [0.1, 0.15) is 12.8 Å². The van der Waals surface area contributed by atoms with Crippen molar-refractivity contribution in [2.24, 2.45) is 7.05 Å². The predicted molar refractivity (Wildman–Crippen MR) is 72.2 cm³/mol. The van der Waals surface area contributed by atoms with Crippen LogP contribution in [0.4, 0.5) is 5.95 Å². The van der Waals surface area contributed by atoms with Crippen molar-refractivity contribution in [3.05, 3.63) is 18.3 Å². The van der Waals surface area contributed by atoms with Crippen LogP contribution in [0.3, 0.4) is 0 Å². The molecule has 1 aliphatic heterocycles. The Morgan fingerprint density at radius 1 is 1.21 bits per heavy atom. The van der Waals surface area contributed by atoms with Gasteiger partial charge in [-0.15, -0.1) is 10.2 Å². The van der Waals surface area contributed by atoms with Crippen molar-refractivity contribution in [3.63, 3.8) is 0 Å². The van der Waals surface area contributed by atoms with E-state index in [0.717, 1.165) is 30.4 Å². The van der Waals surface area contributed by atoms with Crippen molar-refractivity contribution in [1.29, 1.82) is 0 Å². The molecule has 0 aliphatic carbocycles. The van der Waals surface area contributed by atoms with Gasteiger partial charge in [0.05, 0.1) is 7.11 Å². The molecule has 2 aromatic rings. The highest BCUT2D eigenvalue weighted by Gasteiger charge is 2.19. The Bertz CT molecular complexity index is 574. The van der Waals surface area contributed by atoms with Crippen molar-refractivity contribution in [1.82, 2.24) is 19.7 Å². The van der Waals surface area contributed by atoms with Gasteiger partial charge in [0.15, 0.2) is 5.82 Å². The highest BCUT2D eigenvalue weighted by Crippen LogP contribution is 2.25. The van der Waals surface area contributed by atoms with Crippen molar-refractivity contribution < 1.29 is 4.74 Å². The third-order valence-electron chi connectivity index (χ3n) is 3.44. The van der Waals surface area contributed by atoms with Crippen LogP contribution in [0, 0.1) is 0 Å². The average Bonchev–Trinajstić information content (AvgIpc) is 3.08. The zero-order valence-corrected chi connectivity index (χ0v) is 11.2. The molecule has 1 fully saturated rings. The number of ether oxygens (including phenoxy) is 1. The van der Waals surface area contributed by atoms with Crippen molar-refractivity contribution in [3.8, 4) is 17.3 Å². The van der Waals surface area contributed by atoms with Gasteiger partial charge in [-0.2, -0.15) is 0 Å². The molecule has 3 heterocycles. The first-order valence-electron chi connectivity index (χ1n) is 6.44. The number of anilines is 1. The minimum Gasteiger partial charge on any atom is -0.481 e. The average molecular weight is 259 g/mol. The summed E-state index contributed by atoms with van der Waals surface area (Å²) in [5.41, 5.74) is 0.965. The second-order valence-electron chi connectivity index (χ2n) is 4.66. The molecule has 100 valence electrons. The second-order valence-corrected chi connectivity index (χ2v) is 4.66. The number of methoxy groups -OCH3 is 1. The third-order valence-corrected chi connectivity index (χ3v) is 3.44. The topological polar surface area (TPSA) is 56.1 Å². The SMILES string of the molecule is COc1cc(-c2nnc(N3CCCC3)n2C)ccn1. The standard InChI is InChI=1S/C13H17N5O/c1-17-12(10-5-6-14-11(9-10)19-2)15-16-13(17)18-7-3-4-8-18/h5-6,9H,3-4,7-8H2,1-2H3. The minimum atomic E-state index is 0.586. The van der Waals surface area contributed by atoms with Gasteiger partial charge in [-0.05, 0) is 18.9 Å². The molecule has 2 aromatic heterocycles. The Kier molecular flexibility index (Phi) is 3.06.